The zero-order valence-corrected chi connectivity index (χ0v) is 50.6. The second-order valence-electron chi connectivity index (χ2n) is 22.8. The maximum Gasteiger partial charge on any atom is 0.232 e. The highest BCUT2D eigenvalue weighted by atomic mass is 35.5. The van der Waals surface area contributed by atoms with Crippen LogP contribution in [0.3, 0.4) is 0 Å². The minimum atomic E-state index is -0.0866. The van der Waals surface area contributed by atoms with Crippen molar-refractivity contribution in [2.45, 2.75) is 52.5 Å². The molecule has 23 nitrogen and oxygen atoms in total. The van der Waals surface area contributed by atoms with Crippen molar-refractivity contribution in [3.8, 4) is 62.3 Å². The number of anilines is 4. The molecule has 88 heavy (non-hydrogen) atoms. The maximum atomic E-state index is 6.45. The molecule has 0 saturated carbocycles. The van der Waals surface area contributed by atoms with Crippen LogP contribution in [0.15, 0.2) is 116 Å². The summed E-state index contributed by atoms with van der Waals surface area (Å²) in [7, 11) is 0. The first-order valence-corrected chi connectivity index (χ1v) is 30.5. The van der Waals surface area contributed by atoms with Crippen LogP contribution in [0.1, 0.15) is 47.0 Å². The largest absolute Gasteiger partial charge is 0.477 e. The summed E-state index contributed by atoms with van der Waals surface area (Å²) < 4.78 is 24.1. The predicted molar refractivity (Wildman–Crippen MR) is 342 cm³/mol. The molecule has 0 atom stereocenters. The van der Waals surface area contributed by atoms with Crippen molar-refractivity contribution < 1.29 is 18.9 Å². The minimum Gasteiger partial charge on any atom is -0.477 e. The lowest BCUT2D eigenvalue weighted by Gasteiger charge is -2.33. The van der Waals surface area contributed by atoms with Gasteiger partial charge in [0.05, 0.1) is 75.1 Å². The van der Waals surface area contributed by atoms with E-state index in [9.17, 15) is 0 Å². The normalized spacial score (nSPS) is 15.7. The van der Waals surface area contributed by atoms with Crippen molar-refractivity contribution in [1.29, 1.82) is 0 Å². The van der Waals surface area contributed by atoms with Gasteiger partial charge in [0.15, 0.2) is 0 Å². The van der Waals surface area contributed by atoms with Crippen LogP contribution in [0, 0.1) is 0 Å². The van der Waals surface area contributed by atoms with Crippen molar-refractivity contribution in [2.75, 3.05) is 118 Å². The minimum absolute atomic E-state index is 0.0866. The molecular weight excluding hydrogens is 1130 g/mol. The molecule has 15 heterocycles. The number of halogens is 1. The number of H-pyrrole nitrogens is 3. The van der Waals surface area contributed by atoms with E-state index in [0.717, 1.165) is 172 Å². The van der Waals surface area contributed by atoms with E-state index < -0.39 is 0 Å². The molecular formula is C64H70ClN19O4. The Bertz CT molecular complexity index is 4130. The van der Waals surface area contributed by atoms with Gasteiger partial charge in [0.1, 0.15) is 56.1 Å². The Labute approximate surface area is 513 Å². The van der Waals surface area contributed by atoms with Crippen molar-refractivity contribution in [3.05, 3.63) is 121 Å². The van der Waals surface area contributed by atoms with Crippen LogP contribution in [-0.4, -0.2) is 174 Å². The van der Waals surface area contributed by atoms with Crippen LogP contribution in [0.25, 0.3) is 89.1 Å². The molecule has 4 aliphatic heterocycles. The monoisotopic (exact) mass is 1200 g/mol. The molecule has 15 rings (SSSR count). The number of hydrogen-bond acceptors (Lipinski definition) is 19. The van der Waals surface area contributed by atoms with Gasteiger partial charge in [0.2, 0.25) is 5.88 Å². The second-order valence-corrected chi connectivity index (χ2v) is 23.2. The number of fused-ring (bicyclic) bond motifs is 3. The number of pyridine rings is 7. The van der Waals surface area contributed by atoms with Gasteiger partial charge in [0.25, 0.3) is 0 Å². The second kappa shape index (κ2) is 26.0. The molecule has 0 amide bonds. The summed E-state index contributed by atoms with van der Waals surface area (Å²) in [5.74, 6) is 3.24. The number of morpholine rings is 3. The molecule has 3 N–H and O–H groups in total. The average molecular weight is 1200 g/mol. The fourth-order valence-corrected chi connectivity index (χ4v) is 11.8. The molecule has 4 saturated heterocycles. The van der Waals surface area contributed by atoms with Crippen molar-refractivity contribution in [3.63, 3.8) is 0 Å². The highest BCUT2D eigenvalue weighted by molar-refractivity contribution is 6.32. The first-order valence-electron chi connectivity index (χ1n) is 30.1. The molecule has 11 aromatic rings. The van der Waals surface area contributed by atoms with Gasteiger partial charge >= 0.3 is 0 Å². The lowest BCUT2D eigenvalue weighted by Crippen LogP contribution is -2.37. The van der Waals surface area contributed by atoms with Crippen LogP contribution in [0.2, 0.25) is 5.02 Å². The third kappa shape index (κ3) is 12.4. The Morgan fingerprint density at radius 2 is 0.955 bits per heavy atom. The zero-order valence-electron chi connectivity index (χ0n) is 49.9. The summed E-state index contributed by atoms with van der Waals surface area (Å²) in [5.41, 5.74) is 12.7. The van der Waals surface area contributed by atoms with E-state index in [2.05, 4.69) is 126 Å². The summed E-state index contributed by atoms with van der Waals surface area (Å²) in [5, 5.41) is 29.6. The third-order valence-corrected chi connectivity index (χ3v) is 16.3. The highest BCUT2D eigenvalue weighted by Crippen LogP contribution is 2.40. The Kier molecular flexibility index (Phi) is 17.1. The number of aromatic nitrogens is 15. The molecule has 4 fully saturated rings. The lowest BCUT2D eigenvalue weighted by molar-refractivity contribution is 0.122. The summed E-state index contributed by atoms with van der Waals surface area (Å²) in [4.78, 5) is 42.6. The lowest BCUT2D eigenvalue weighted by atomic mass is 10.0. The zero-order chi connectivity index (χ0) is 60.0. The van der Waals surface area contributed by atoms with E-state index in [4.69, 9.17) is 45.5 Å². The summed E-state index contributed by atoms with van der Waals surface area (Å²) in [6.07, 6.45) is 20.3. The summed E-state index contributed by atoms with van der Waals surface area (Å²) in [6.45, 7) is 20.2. The molecule has 0 aliphatic carbocycles. The first kappa shape index (κ1) is 57.9. The van der Waals surface area contributed by atoms with Gasteiger partial charge in [-0.2, -0.15) is 20.4 Å². The molecule has 11 aromatic heterocycles. The molecule has 24 heteroatoms. The van der Waals surface area contributed by atoms with Crippen molar-refractivity contribution >= 4 is 67.5 Å². The number of hydrogen-bond donors (Lipinski definition) is 3. The van der Waals surface area contributed by atoms with E-state index in [1.807, 2.05) is 66.6 Å². The Hall–Kier alpha value is -9.16. The highest BCUT2D eigenvalue weighted by Gasteiger charge is 2.25. The van der Waals surface area contributed by atoms with Gasteiger partial charge < -0.3 is 38.5 Å². The fourth-order valence-electron chi connectivity index (χ4n) is 11.5. The third-order valence-electron chi connectivity index (χ3n) is 16.1. The summed E-state index contributed by atoms with van der Waals surface area (Å²) >= 11 is 6.45. The van der Waals surface area contributed by atoms with Gasteiger partial charge in [-0.1, -0.05) is 11.6 Å². The van der Waals surface area contributed by atoms with Crippen LogP contribution in [0.5, 0.6) is 5.88 Å². The van der Waals surface area contributed by atoms with E-state index in [1.165, 1.54) is 24.9 Å². The SMILES string of the molecule is CC(C)(C)n1cc(-c2cc(N3CCOCC3)nc3c(-c4ccn[nH]4)nccc23)cn1.CCOc1ncc(-c2cc(N3CCOCC3)nc3c(-c4ccn[nH]4)nccc23)cc1Cl.c1cc(-c2nccc3c(N4CCCCC4)cc(N4CCOCC4)nc23)[nH]n1. The van der Waals surface area contributed by atoms with Gasteiger partial charge in [0, 0.05) is 141 Å². The Morgan fingerprint density at radius 1 is 0.500 bits per heavy atom. The summed E-state index contributed by atoms with van der Waals surface area (Å²) in [6, 6.07) is 20.2. The molecule has 0 radical (unpaired) electrons. The fraction of sp³-hybridized carbons (Fsp3) is 0.359. The van der Waals surface area contributed by atoms with Crippen LogP contribution >= 0.6 is 11.6 Å². The van der Waals surface area contributed by atoms with Crippen molar-refractivity contribution in [2.24, 2.45) is 0 Å². The smallest absolute Gasteiger partial charge is 0.232 e. The van der Waals surface area contributed by atoms with E-state index in [-0.39, 0.29) is 5.54 Å². The molecule has 452 valence electrons. The van der Waals surface area contributed by atoms with Gasteiger partial charge in [-0.3, -0.25) is 34.9 Å². The molecule has 0 spiro atoms. The Morgan fingerprint density at radius 3 is 1.39 bits per heavy atom. The average Bonchev–Trinajstić information content (AvgIpc) is 2.52. The van der Waals surface area contributed by atoms with Crippen LogP contribution < -0.4 is 24.3 Å². The number of ether oxygens (including phenoxy) is 4. The van der Waals surface area contributed by atoms with Gasteiger partial charge in [-0.25, -0.2) is 19.9 Å². The molecule has 0 unspecified atom stereocenters. The van der Waals surface area contributed by atoms with Crippen LogP contribution in [-0.2, 0) is 19.7 Å². The Balaban J connectivity index is 0.000000122. The number of piperidine rings is 1. The van der Waals surface area contributed by atoms with E-state index in [0.29, 0.717) is 43.9 Å². The molecule has 4 aliphatic rings. The predicted octanol–water partition coefficient (Wildman–Crippen LogP) is 10.3. The number of aromatic amines is 3. The van der Waals surface area contributed by atoms with E-state index in [1.54, 1.807) is 31.0 Å². The van der Waals surface area contributed by atoms with Gasteiger partial charge in [-0.15, -0.1) is 0 Å². The number of rotatable bonds is 11. The topological polar surface area (TPSA) is 244 Å². The molecule has 0 bridgehead atoms. The number of nitrogens with zero attached hydrogens (tertiary/aromatic N) is 16. The van der Waals surface area contributed by atoms with Crippen molar-refractivity contribution in [1.82, 2.24) is 75.3 Å². The quantitative estimate of drug-likeness (QED) is 0.109. The molecule has 0 aromatic carbocycles. The maximum absolute atomic E-state index is 6.45. The number of nitrogens with one attached hydrogen (secondary N) is 3. The van der Waals surface area contributed by atoms with Gasteiger partial charge in [-0.05, 0) is 113 Å². The standard InChI is InChI=1S/C22H21ClN6O2.C22H25N7O.C20H24N6O/c1-2-31-22-17(23)11-14(13-25-22)16-12-19(29-7-9-30-10-8-29)27-20-15(16)3-5-24-21(20)18-4-6-26-28-18;1-22(2,3)29-14-15(13-25-29)17-12-19(28-8-10-30-11-9-28)26-20-16(17)4-6-23-21(20)18-5-7-24-27-18;1-2-8-25(9-3-1)17-14-18(26-10-12-27-13-11-26)23-19-15(17)4-6-21-20(19)16-5-7-22-24-16/h3-6,11-13H,2,7-10H2,1H3,(H,26,28);4-7,12-14H,8-11H2,1-3H3,(H,24,27);4-7,14H,1-3,8-13H2,(H,22,24). The van der Waals surface area contributed by atoms with E-state index >= 15 is 0 Å². The van der Waals surface area contributed by atoms with Crippen LogP contribution in [0.4, 0.5) is 23.1 Å². The first-order chi connectivity index (χ1) is 43.1.